The lowest BCUT2D eigenvalue weighted by molar-refractivity contribution is -0.143. The summed E-state index contributed by atoms with van der Waals surface area (Å²) in [5, 5.41) is 6.17. The third-order valence-electron chi connectivity index (χ3n) is 5.83. The highest BCUT2D eigenvalue weighted by atomic mass is 35.5. The predicted octanol–water partition coefficient (Wildman–Crippen LogP) is 3.00. The summed E-state index contributed by atoms with van der Waals surface area (Å²) in [5.74, 6) is -0.158. The second kappa shape index (κ2) is 8.84. The number of hydrogen-bond donors (Lipinski definition) is 2. The van der Waals surface area contributed by atoms with E-state index in [-0.39, 0.29) is 36.4 Å². The number of halogens is 1. The molecular weight excluding hydrogens is 406 g/mol. The van der Waals surface area contributed by atoms with Crippen LogP contribution in [-0.2, 0) is 19.7 Å². The summed E-state index contributed by atoms with van der Waals surface area (Å²) in [5.41, 5.74) is 0.187. The smallest absolute Gasteiger partial charge is 0.407 e. The molecule has 7 nitrogen and oxygen atoms in total. The minimum absolute atomic E-state index is 0.0254. The Kier molecular flexibility index (Phi) is 6.60. The molecule has 1 aromatic rings. The Labute approximate surface area is 182 Å². The van der Waals surface area contributed by atoms with E-state index < -0.39 is 11.7 Å². The topological polar surface area (TPSA) is 87.7 Å². The van der Waals surface area contributed by atoms with E-state index >= 15 is 0 Å². The molecule has 0 radical (unpaired) electrons. The molecule has 2 aliphatic rings. The van der Waals surface area contributed by atoms with Gasteiger partial charge in [0.25, 0.3) is 0 Å². The summed E-state index contributed by atoms with van der Waals surface area (Å²) in [7, 11) is 0. The van der Waals surface area contributed by atoms with Crippen molar-refractivity contribution in [3.8, 4) is 0 Å². The molecule has 8 heteroatoms. The quantitative estimate of drug-likeness (QED) is 0.761. The summed E-state index contributed by atoms with van der Waals surface area (Å²) in [4.78, 5) is 38.0. The first-order valence-corrected chi connectivity index (χ1v) is 10.7. The molecule has 2 N–H and O–H groups in total. The molecule has 1 aliphatic carbocycles. The van der Waals surface area contributed by atoms with Crippen LogP contribution in [0.2, 0.25) is 5.02 Å². The number of ether oxygens (including phenoxy) is 1. The molecule has 1 saturated heterocycles. The molecule has 0 bridgehead atoms. The van der Waals surface area contributed by atoms with Crippen molar-refractivity contribution in [2.45, 2.75) is 63.5 Å². The summed E-state index contributed by atoms with van der Waals surface area (Å²) in [6.07, 6.45) is 2.58. The standard InChI is InChI=1S/C22H30ClN3O4/c1-21(2,3)30-20(29)25-14-22(15-5-4-6-16(23)11-15)9-7-17(8-10-22)26-13-18(27)24-12-19(26)28/h4-6,11,17H,7-10,12-14H2,1-3H3,(H,24,27)(H,25,29)/t17-,22+. The fraction of sp³-hybridized carbons (Fsp3) is 0.591. The highest BCUT2D eigenvalue weighted by Crippen LogP contribution is 2.41. The number of nitrogens with zero attached hydrogens (tertiary/aromatic N) is 1. The molecule has 3 rings (SSSR count). The number of carbonyl (C=O) groups is 3. The minimum atomic E-state index is -0.569. The van der Waals surface area contributed by atoms with Gasteiger partial charge in [0.1, 0.15) is 5.60 Å². The van der Waals surface area contributed by atoms with Crippen LogP contribution in [0.1, 0.15) is 52.0 Å². The van der Waals surface area contributed by atoms with Crippen LogP contribution in [0, 0.1) is 0 Å². The van der Waals surface area contributed by atoms with Gasteiger partial charge in [-0.2, -0.15) is 0 Å². The SMILES string of the molecule is CC(C)(C)OC(=O)NC[C@]1(c2cccc(Cl)c2)CC[C@@H](N2CC(=O)NCC2=O)CC1. The van der Waals surface area contributed by atoms with E-state index in [1.54, 1.807) is 4.90 Å². The Hall–Kier alpha value is -2.28. The molecule has 1 heterocycles. The van der Waals surface area contributed by atoms with Crippen LogP contribution >= 0.6 is 11.6 Å². The van der Waals surface area contributed by atoms with Gasteiger partial charge in [-0.15, -0.1) is 0 Å². The second-order valence-electron chi connectivity index (χ2n) is 9.18. The van der Waals surface area contributed by atoms with Crippen LogP contribution in [0.3, 0.4) is 0 Å². The molecule has 0 aromatic heterocycles. The number of nitrogens with one attached hydrogen (secondary N) is 2. The van der Waals surface area contributed by atoms with Crippen molar-refractivity contribution in [1.29, 1.82) is 0 Å². The van der Waals surface area contributed by atoms with Gasteiger partial charge in [0, 0.05) is 23.0 Å². The average molecular weight is 436 g/mol. The maximum atomic E-state index is 12.3. The minimum Gasteiger partial charge on any atom is -0.444 e. The third-order valence-corrected chi connectivity index (χ3v) is 6.07. The molecule has 3 amide bonds. The van der Waals surface area contributed by atoms with Gasteiger partial charge in [-0.3, -0.25) is 9.59 Å². The average Bonchev–Trinajstić information content (AvgIpc) is 2.67. The molecule has 2 fully saturated rings. The van der Waals surface area contributed by atoms with Crippen molar-refractivity contribution in [3.05, 3.63) is 34.9 Å². The molecule has 1 aromatic carbocycles. The zero-order valence-corrected chi connectivity index (χ0v) is 18.6. The maximum Gasteiger partial charge on any atom is 0.407 e. The lowest BCUT2D eigenvalue weighted by Gasteiger charge is -2.44. The van der Waals surface area contributed by atoms with Gasteiger partial charge in [0.05, 0.1) is 13.1 Å². The van der Waals surface area contributed by atoms with Crippen LogP contribution in [0.5, 0.6) is 0 Å². The summed E-state index contributed by atoms with van der Waals surface area (Å²) >= 11 is 6.25. The van der Waals surface area contributed by atoms with Gasteiger partial charge >= 0.3 is 6.09 Å². The normalized spacial score (nSPS) is 24.9. The molecule has 30 heavy (non-hydrogen) atoms. The number of hydrogen-bond acceptors (Lipinski definition) is 4. The molecule has 0 unspecified atom stereocenters. The first kappa shape index (κ1) is 22.4. The Bertz CT molecular complexity index is 813. The Morgan fingerprint density at radius 2 is 2.00 bits per heavy atom. The predicted molar refractivity (Wildman–Crippen MR) is 114 cm³/mol. The van der Waals surface area contributed by atoms with E-state index in [0.717, 1.165) is 31.2 Å². The summed E-state index contributed by atoms with van der Waals surface area (Å²) in [6.45, 7) is 6.09. The Balaban J connectivity index is 1.74. The van der Waals surface area contributed by atoms with Crippen LogP contribution in [-0.4, -0.2) is 54.1 Å². The van der Waals surface area contributed by atoms with Crippen molar-refractivity contribution in [2.24, 2.45) is 0 Å². The second-order valence-corrected chi connectivity index (χ2v) is 9.61. The Morgan fingerprint density at radius 1 is 1.30 bits per heavy atom. The van der Waals surface area contributed by atoms with Gasteiger partial charge in [0.15, 0.2) is 0 Å². The summed E-state index contributed by atoms with van der Waals surface area (Å²) in [6, 6.07) is 7.74. The lowest BCUT2D eigenvalue weighted by Crippen LogP contribution is -2.57. The van der Waals surface area contributed by atoms with Crippen LogP contribution in [0.15, 0.2) is 24.3 Å². The van der Waals surface area contributed by atoms with E-state index in [0.29, 0.717) is 11.6 Å². The van der Waals surface area contributed by atoms with Crippen LogP contribution in [0.4, 0.5) is 4.79 Å². The number of rotatable bonds is 4. The van der Waals surface area contributed by atoms with Crippen LogP contribution in [0.25, 0.3) is 0 Å². The Morgan fingerprint density at radius 3 is 2.63 bits per heavy atom. The van der Waals surface area contributed by atoms with E-state index in [2.05, 4.69) is 10.6 Å². The van der Waals surface area contributed by atoms with Crippen molar-refractivity contribution in [2.75, 3.05) is 19.6 Å². The zero-order valence-electron chi connectivity index (χ0n) is 17.8. The number of amides is 3. The number of alkyl carbamates (subject to hydrolysis) is 1. The largest absolute Gasteiger partial charge is 0.444 e. The van der Waals surface area contributed by atoms with Gasteiger partial charge in [0.2, 0.25) is 11.8 Å². The fourth-order valence-corrected chi connectivity index (χ4v) is 4.51. The fourth-order valence-electron chi connectivity index (χ4n) is 4.32. The van der Waals surface area contributed by atoms with Gasteiger partial charge in [-0.05, 0) is 64.2 Å². The number of benzene rings is 1. The number of piperazine rings is 1. The van der Waals surface area contributed by atoms with Crippen molar-refractivity contribution in [1.82, 2.24) is 15.5 Å². The molecular formula is C22H30ClN3O4. The molecule has 164 valence electrons. The third kappa shape index (κ3) is 5.45. The lowest BCUT2D eigenvalue weighted by atomic mass is 9.67. The zero-order chi connectivity index (χ0) is 21.9. The summed E-state index contributed by atoms with van der Waals surface area (Å²) < 4.78 is 5.40. The first-order valence-electron chi connectivity index (χ1n) is 10.4. The molecule has 0 atom stereocenters. The molecule has 0 spiro atoms. The van der Waals surface area contributed by atoms with Crippen molar-refractivity contribution < 1.29 is 19.1 Å². The van der Waals surface area contributed by atoms with Gasteiger partial charge < -0.3 is 20.3 Å². The van der Waals surface area contributed by atoms with Gasteiger partial charge in [-0.1, -0.05) is 23.7 Å². The maximum absolute atomic E-state index is 12.3. The van der Waals surface area contributed by atoms with Crippen molar-refractivity contribution in [3.63, 3.8) is 0 Å². The van der Waals surface area contributed by atoms with Crippen LogP contribution < -0.4 is 10.6 Å². The molecule has 1 aliphatic heterocycles. The molecule has 1 saturated carbocycles. The van der Waals surface area contributed by atoms with E-state index in [4.69, 9.17) is 16.3 Å². The monoisotopic (exact) mass is 435 g/mol. The highest BCUT2D eigenvalue weighted by Gasteiger charge is 2.41. The van der Waals surface area contributed by atoms with E-state index in [1.165, 1.54) is 0 Å². The highest BCUT2D eigenvalue weighted by molar-refractivity contribution is 6.30. The number of carbonyl (C=O) groups excluding carboxylic acids is 3. The van der Waals surface area contributed by atoms with E-state index in [9.17, 15) is 14.4 Å². The van der Waals surface area contributed by atoms with Gasteiger partial charge in [-0.25, -0.2) is 4.79 Å². The van der Waals surface area contributed by atoms with Crippen molar-refractivity contribution >= 4 is 29.5 Å². The first-order chi connectivity index (χ1) is 14.1. The van der Waals surface area contributed by atoms with E-state index in [1.807, 2.05) is 45.0 Å².